The molecule has 10 nitrogen and oxygen atoms in total. The Bertz CT molecular complexity index is 1450. The van der Waals surface area contributed by atoms with Gasteiger partial charge in [0.05, 0.1) is 32.2 Å². The lowest BCUT2D eigenvalue weighted by Gasteiger charge is -2.21. The molecule has 0 aliphatic heterocycles. The van der Waals surface area contributed by atoms with Crippen LogP contribution in [0.25, 0.3) is 0 Å². The Kier molecular flexibility index (Phi) is 10.1. The molecule has 0 radical (unpaired) electrons. The topological polar surface area (TPSA) is 139 Å². The molecule has 11 heteroatoms. The average molecular weight is 572 g/mol. The zero-order chi connectivity index (χ0) is 29.6. The van der Waals surface area contributed by atoms with Crippen LogP contribution in [-0.2, 0) is 11.3 Å². The van der Waals surface area contributed by atoms with Crippen molar-refractivity contribution in [2.24, 2.45) is 0 Å². The molecule has 1 atom stereocenters. The van der Waals surface area contributed by atoms with E-state index in [4.69, 9.17) is 21.1 Å². The van der Waals surface area contributed by atoms with Gasteiger partial charge in [0.1, 0.15) is 5.75 Å². The number of benzene rings is 2. The molecule has 4 N–H and O–H groups in total. The van der Waals surface area contributed by atoms with Gasteiger partial charge in [-0.25, -0.2) is 4.79 Å². The Balaban J connectivity index is 1.95. The summed E-state index contributed by atoms with van der Waals surface area (Å²) >= 11 is 6.39. The van der Waals surface area contributed by atoms with Crippen molar-refractivity contribution >= 4 is 29.3 Å². The Hall–Kier alpha value is -4.18. The average Bonchev–Trinajstić information content (AvgIpc) is 2.90. The second-order valence-corrected chi connectivity index (χ2v) is 9.59. The number of aromatic hydroxyl groups is 1. The molecular weight excluding hydrogens is 538 g/mol. The number of amides is 2. The number of carbonyl (C=O) groups is 2. The van der Waals surface area contributed by atoms with Gasteiger partial charge in [0.2, 0.25) is 0 Å². The molecule has 0 spiro atoms. The zero-order valence-electron chi connectivity index (χ0n) is 23.1. The van der Waals surface area contributed by atoms with Crippen molar-refractivity contribution in [2.75, 3.05) is 18.5 Å². The minimum absolute atomic E-state index is 0.127. The lowest BCUT2D eigenvalue weighted by atomic mass is 10.0. The van der Waals surface area contributed by atoms with E-state index in [1.54, 1.807) is 45.0 Å². The van der Waals surface area contributed by atoms with Gasteiger partial charge < -0.3 is 34.9 Å². The van der Waals surface area contributed by atoms with Gasteiger partial charge in [-0.1, -0.05) is 29.8 Å². The summed E-state index contributed by atoms with van der Waals surface area (Å²) in [6.07, 6.45) is -0.443. The molecular formula is C29H34ClN3O7. The maximum atomic E-state index is 13.5. The normalized spacial score (nSPS) is 11.6. The molecule has 2 amide bonds. The van der Waals surface area contributed by atoms with E-state index in [9.17, 15) is 24.6 Å². The molecule has 0 bridgehead atoms. The quantitative estimate of drug-likeness (QED) is 0.244. The van der Waals surface area contributed by atoms with Gasteiger partial charge in [-0.2, -0.15) is 0 Å². The van der Waals surface area contributed by atoms with Crippen LogP contribution in [0.2, 0.25) is 5.02 Å². The second-order valence-electron chi connectivity index (χ2n) is 9.18. The monoisotopic (exact) mass is 571 g/mol. The molecule has 0 saturated heterocycles. The number of urea groups is 1. The summed E-state index contributed by atoms with van der Waals surface area (Å²) in [4.78, 5) is 38.2. The fraction of sp³-hybridized carbons (Fsp3) is 0.345. The Morgan fingerprint density at radius 3 is 2.35 bits per heavy atom. The Morgan fingerprint density at radius 1 is 1.05 bits per heavy atom. The molecule has 40 heavy (non-hydrogen) atoms. The Labute approximate surface area is 237 Å². The lowest BCUT2D eigenvalue weighted by Crippen LogP contribution is -2.37. The number of nitrogens with zero attached hydrogens (tertiary/aromatic N) is 1. The van der Waals surface area contributed by atoms with E-state index in [2.05, 4.69) is 10.6 Å². The minimum atomic E-state index is -1.15. The highest BCUT2D eigenvalue weighted by atomic mass is 35.5. The first-order chi connectivity index (χ1) is 19.0. The number of hydrogen-bond acceptors (Lipinski definition) is 6. The van der Waals surface area contributed by atoms with Crippen molar-refractivity contribution in [3.63, 3.8) is 0 Å². The predicted molar refractivity (Wildman–Crippen MR) is 153 cm³/mol. The standard InChI is InChI=1S/C29H34ClN3O7/c1-6-39-23-12-11-19(13-24(23)40-7-2)22(14-25(34)35)31-29(38)32-26-27(36)17(4)18(5)33(28(26)37)15-20-16(3)9-8-10-21(20)30/h8-13,22,36H,6-7,14-15H2,1-5H3,(H,34,35)(H2,31,32,38)/t22-/m0/s1. The summed E-state index contributed by atoms with van der Waals surface area (Å²) in [5, 5.41) is 25.8. The smallest absolute Gasteiger partial charge is 0.319 e. The summed E-state index contributed by atoms with van der Waals surface area (Å²) in [5.74, 6) is -0.632. The number of carboxylic acid groups (broad SMARTS) is 1. The van der Waals surface area contributed by atoms with E-state index in [-0.39, 0.29) is 18.0 Å². The van der Waals surface area contributed by atoms with Crippen LogP contribution < -0.4 is 25.7 Å². The summed E-state index contributed by atoms with van der Waals surface area (Å²) < 4.78 is 12.6. The van der Waals surface area contributed by atoms with Crippen molar-refractivity contribution in [3.8, 4) is 17.2 Å². The number of carbonyl (C=O) groups excluding carboxylic acids is 1. The summed E-state index contributed by atoms with van der Waals surface area (Å²) in [6.45, 7) is 9.72. The number of halogens is 1. The van der Waals surface area contributed by atoms with Crippen molar-refractivity contribution in [1.29, 1.82) is 0 Å². The number of aromatic nitrogens is 1. The third kappa shape index (κ3) is 6.87. The molecule has 1 aromatic heterocycles. The molecule has 0 saturated carbocycles. The van der Waals surface area contributed by atoms with Crippen molar-refractivity contribution in [2.45, 2.75) is 53.6 Å². The number of aliphatic carboxylic acids is 1. The fourth-order valence-corrected chi connectivity index (χ4v) is 4.58. The number of carboxylic acids is 1. The summed E-state index contributed by atoms with van der Waals surface area (Å²) in [5.41, 5.74) is 2.02. The molecule has 0 aliphatic rings. The number of nitrogens with one attached hydrogen (secondary N) is 2. The second kappa shape index (κ2) is 13.3. The van der Waals surface area contributed by atoms with E-state index in [1.807, 2.05) is 26.0 Å². The van der Waals surface area contributed by atoms with Crippen LogP contribution in [0.5, 0.6) is 17.2 Å². The van der Waals surface area contributed by atoms with Gasteiger partial charge in [-0.15, -0.1) is 0 Å². The minimum Gasteiger partial charge on any atom is -0.505 e. The number of pyridine rings is 1. The molecule has 1 heterocycles. The van der Waals surface area contributed by atoms with Crippen LogP contribution >= 0.6 is 11.6 Å². The number of anilines is 1. The third-order valence-electron chi connectivity index (χ3n) is 6.56. The predicted octanol–water partition coefficient (Wildman–Crippen LogP) is 5.32. The van der Waals surface area contributed by atoms with E-state index >= 15 is 0 Å². The molecule has 214 valence electrons. The SMILES string of the molecule is CCOc1ccc([C@H](CC(=O)O)NC(=O)Nc2c(O)c(C)c(C)n(Cc3c(C)cccc3Cl)c2=O)cc1OCC. The highest BCUT2D eigenvalue weighted by molar-refractivity contribution is 6.31. The van der Waals surface area contributed by atoms with Crippen LogP contribution in [0.4, 0.5) is 10.5 Å². The van der Waals surface area contributed by atoms with Crippen molar-refractivity contribution in [1.82, 2.24) is 9.88 Å². The molecule has 3 rings (SSSR count). The molecule has 0 aliphatic carbocycles. The highest BCUT2D eigenvalue weighted by Gasteiger charge is 2.24. The summed E-state index contributed by atoms with van der Waals surface area (Å²) in [7, 11) is 0. The lowest BCUT2D eigenvalue weighted by molar-refractivity contribution is -0.137. The highest BCUT2D eigenvalue weighted by Crippen LogP contribution is 2.32. The molecule has 2 aromatic carbocycles. The molecule has 0 unspecified atom stereocenters. The first kappa shape index (κ1) is 30.4. The van der Waals surface area contributed by atoms with Gasteiger partial charge in [0, 0.05) is 16.3 Å². The first-order valence-corrected chi connectivity index (χ1v) is 13.2. The number of hydrogen-bond donors (Lipinski definition) is 4. The number of rotatable bonds is 11. The van der Waals surface area contributed by atoms with E-state index < -0.39 is 30.0 Å². The van der Waals surface area contributed by atoms with Crippen LogP contribution in [0.3, 0.4) is 0 Å². The van der Waals surface area contributed by atoms with E-state index in [0.29, 0.717) is 46.6 Å². The fourth-order valence-electron chi connectivity index (χ4n) is 4.30. The van der Waals surface area contributed by atoms with Gasteiger partial charge in [0.15, 0.2) is 17.2 Å². The largest absolute Gasteiger partial charge is 0.505 e. The van der Waals surface area contributed by atoms with Crippen molar-refractivity contribution < 1.29 is 29.3 Å². The van der Waals surface area contributed by atoms with Crippen LogP contribution in [0, 0.1) is 20.8 Å². The van der Waals surface area contributed by atoms with Gasteiger partial charge in [-0.3, -0.25) is 9.59 Å². The molecule has 0 fully saturated rings. The first-order valence-electron chi connectivity index (χ1n) is 12.8. The third-order valence-corrected chi connectivity index (χ3v) is 6.91. The van der Waals surface area contributed by atoms with E-state index in [0.717, 1.165) is 11.1 Å². The maximum absolute atomic E-state index is 13.5. The zero-order valence-corrected chi connectivity index (χ0v) is 23.9. The number of ether oxygens (including phenoxy) is 2. The van der Waals surface area contributed by atoms with Crippen LogP contribution in [0.1, 0.15) is 54.3 Å². The summed E-state index contributed by atoms with van der Waals surface area (Å²) in [6, 6.07) is 8.45. The van der Waals surface area contributed by atoms with Crippen LogP contribution in [-0.4, -0.2) is 40.0 Å². The van der Waals surface area contributed by atoms with Gasteiger partial charge in [-0.05, 0) is 69.5 Å². The van der Waals surface area contributed by atoms with E-state index in [1.165, 1.54) is 4.57 Å². The van der Waals surface area contributed by atoms with Crippen molar-refractivity contribution in [3.05, 3.63) is 79.7 Å². The Morgan fingerprint density at radius 2 is 1.73 bits per heavy atom. The molecule has 3 aromatic rings. The van der Waals surface area contributed by atoms with Crippen LogP contribution in [0.15, 0.2) is 41.2 Å². The van der Waals surface area contributed by atoms with Gasteiger partial charge in [0.25, 0.3) is 5.56 Å². The maximum Gasteiger partial charge on any atom is 0.319 e. The van der Waals surface area contributed by atoms with Gasteiger partial charge >= 0.3 is 12.0 Å². The number of aryl methyl sites for hydroxylation is 1.